The molecule has 30 heteroatoms. The van der Waals surface area contributed by atoms with Crippen LogP contribution in [0.25, 0.3) is 11.2 Å². The summed E-state index contributed by atoms with van der Waals surface area (Å²) < 4.78 is 62.0. The molecule has 3 heterocycles. The average molecular weight is 894 g/mol. The largest absolute Gasteiger partial charge is 0.481 e. The number of imidazole rings is 1. The lowest BCUT2D eigenvalue weighted by molar-refractivity contribution is -0.137. The van der Waals surface area contributed by atoms with Gasteiger partial charge in [-0.25, -0.2) is 28.6 Å². The van der Waals surface area contributed by atoms with E-state index in [4.69, 9.17) is 24.6 Å². The number of amides is 2. The van der Waals surface area contributed by atoms with Crippen LogP contribution in [0.5, 0.6) is 0 Å². The Morgan fingerprint density at radius 3 is 2.39 bits per heavy atom. The molecule has 0 spiro atoms. The molecule has 57 heavy (non-hydrogen) atoms. The second-order valence-corrected chi connectivity index (χ2v) is 18.1. The third-order valence-corrected chi connectivity index (χ3v) is 11.5. The van der Waals surface area contributed by atoms with Crippen molar-refractivity contribution < 1.29 is 90.4 Å². The van der Waals surface area contributed by atoms with Crippen LogP contribution in [-0.2, 0) is 55.5 Å². The molecular formula is C27H42N7O19P3S. The number of aromatic nitrogens is 4. The van der Waals surface area contributed by atoms with Crippen molar-refractivity contribution in [3.8, 4) is 0 Å². The third-order valence-electron chi connectivity index (χ3n) is 7.54. The summed E-state index contributed by atoms with van der Waals surface area (Å²) in [6, 6.07) is 0. The molecule has 320 valence electrons. The zero-order valence-electron chi connectivity index (χ0n) is 30.2. The number of thioether (sulfide) groups is 1. The van der Waals surface area contributed by atoms with Crippen LogP contribution in [0.4, 0.5) is 5.82 Å². The monoisotopic (exact) mass is 893 g/mol. The van der Waals surface area contributed by atoms with Gasteiger partial charge in [-0.1, -0.05) is 31.2 Å². The number of nitrogens with zero attached hydrogens (tertiary/aromatic N) is 4. The average Bonchev–Trinajstić information content (AvgIpc) is 3.64. The predicted octanol–water partition coefficient (Wildman–Crippen LogP) is -0.914. The predicted molar refractivity (Wildman–Crippen MR) is 193 cm³/mol. The first kappa shape index (κ1) is 48.1. The number of nitrogens with one attached hydrogen (secondary N) is 2. The number of ether oxygens (including phenoxy) is 1. The van der Waals surface area contributed by atoms with E-state index in [1.165, 1.54) is 26.8 Å². The lowest BCUT2D eigenvalue weighted by Gasteiger charge is -2.30. The number of carbonyl (C=O) groups is 4. The van der Waals surface area contributed by atoms with Gasteiger partial charge in [0.1, 0.15) is 36.3 Å². The summed E-state index contributed by atoms with van der Waals surface area (Å²) in [5.41, 5.74) is 4.56. The Kier molecular flexibility index (Phi) is 17.0. The van der Waals surface area contributed by atoms with Crippen LogP contribution < -0.4 is 16.4 Å². The van der Waals surface area contributed by atoms with Gasteiger partial charge in [-0.2, -0.15) is 4.31 Å². The van der Waals surface area contributed by atoms with Crippen molar-refractivity contribution in [2.45, 2.75) is 64.3 Å². The van der Waals surface area contributed by atoms with Gasteiger partial charge >= 0.3 is 29.4 Å². The molecule has 11 N–H and O–H groups in total. The minimum absolute atomic E-state index is 0.0193. The van der Waals surface area contributed by atoms with Crippen molar-refractivity contribution in [2.24, 2.45) is 5.41 Å². The van der Waals surface area contributed by atoms with Crippen molar-refractivity contribution in [2.75, 3.05) is 37.8 Å². The Bertz CT molecular complexity index is 1960. The number of fused-ring (bicyclic) bond motifs is 1. The van der Waals surface area contributed by atoms with Gasteiger partial charge < -0.3 is 56.0 Å². The topological polar surface area (TPSA) is 401 Å². The zero-order valence-corrected chi connectivity index (χ0v) is 33.7. The van der Waals surface area contributed by atoms with Crippen LogP contribution in [0.3, 0.4) is 0 Å². The Morgan fingerprint density at radius 2 is 1.74 bits per heavy atom. The van der Waals surface area contributed by atoms with Crippen molar-refractivity contribution in [3.63, 3.8) is 0 Å². The van der Waals surface area contributed by atoms with Gasteiger partial charge in [0, 0.05) is 30.7 Å². The summed E-state index contributed by atoms with van der Waals surface area (Å²) in [7, 11) is -16.4. The number of hydrogen-bond acceptors (Lipinski definition) is 19. The first-order valence-corrected chi connectivity index (χ1v) is 21.8. The minimum atomic E-state index is -5.59. The molecule has 2 aromatic rings. The second kappa shape index (κ2) is 20.2. The number of rotatable bonds is 22. The first-order valence-electron chi connectivity index (χ1n) is 16.3. The zero-order chi connectivity index (χ0) is 42.9. The lowest BCUT2D eigenvalue weighted by atomic mass is 9.87. The number of carboxylic acids is 1. The van der Waals surface area contributed by atoms with E-state index in [9.17, 15) is 62.7 Å². The Hall–Kier alpha value is -3.23. The summed E-state index contributed by atoms with van der Waals surface area (Å²) in [6.45, 7) is 1.70. The maximum atomic E-state index is 12.7. The van der Waals surface area contributed by atoms with Crippen LogP contribution in [-0.4, -0.2) is 134 Å². The first-order chi connectivity index (χ1) is 26.3. The van der Waals surface area contributed by atoms with Gasteiger partial charge in [-0.3, -0.25) is 37.3 Å². The van der Waals surface area contributed by atoms with Gasteiger partial charge in [0.2, 0.25) is 16.9 Å². The van der Waals surface area contributed by atoms with Gasteiger partial charge in [0.25, 0.3) is 0 Å². The summed E-state index contributed by atoms with van der Waals surface area (Å²) in [6.07, 6.45) is -6.20. The highest BCUT2D eigenvalue weighted by molar-refractivity contribution is 8.14. The molecule has 1 saturated heterocycles. The molecular weight excluding hydrogens is 851 g/mol. The number of nitrogen functional groups attached to an aromatic ring is 1. The van der Waals surface area contributed by atoms with Crippen LogP contribution in [0.2, 0.25) is 0 Å². The third kappa shape index (κ3) is 15.1. The smallest absolute Gasteiger partial charge is 0.481 e. The fraction of sp³-hybridized carbons (Fsp3) is 0.593. The summed E-state index contributed by atoms with van der Waals surface area (Å²) in [4.78, 5) is 98.0. The molecule has 0 aromatic carbocycles. The van der Waals surface area contributed by atoms with Crippen molar-refractivity contribution in [1.29, 1.82) is 0 Å². The fourth-order valence-electron chi connectivity index (χ4n) is 4.81. The molecule has 0 aliphatic carbocycles. The molecule has 2 amide bonds. The number of carboxylic acid groups (broad SMARTS) is 1. The van der Waals surface area contributed by atoms with Crippen LogP contribution in [0.15, 0.2) is 24.3 Å². The van der Waals surface area contributed by atoms with Crippen LogP contribution >= 0.6 is 35.2 Å². The van der Waals surface area contributed by atoms with Crippen molar-refractivity contribution in [1.82, 2.24) is 30.2 Å². The van der Waals surface area contributed by atoms with Gasteiger partial charge in [0.15, 0.2) is 17.7 Å². The van der Waals surface area contributed by atoms with E-state index in [2.05, 4.69) is 34.4 Å². The number of aliphatic carboxylic acids is 1. The van der Waals surface area contributed by atoms with E-state index in [1.54, 1.807) is 0 Å². The molecule has 7 unspecified atom stereocenters. The number of aliphatic hydroxyl groups is 2. The number of anilines is 1. The second-order valence-electron chi connectivity index (χ2n) is 12.8. The fourth-order valence-corrected chi connectivity index (χ4v) is 8.33. The summed E-state index contributed by atoms with van der Waals surface area (Å²) >= 11 is 0.856. The number of aliphatic hydroxyl groups excluding tert-OH is 2. The number of nitrogens with two attached hydrogens (primary N) is 1. The molecule has 0 saturated carbocycles. The molecule has 3 rings (SSSR count). The maximum Gasteiger partial charge on any atom is 0.481 e. The normalized spacial score (nSPS) is 21.7. The Labute approximate surface area is 327 Å². The van der Waals surface area contributed by atoms with Gasteiger partial charge in [-0.05, 0) is 13.0 Å². The standard InChI is InChI=1S/C27H42N7O19P3S/c1-14(8-17(36)37)9-18(38)57-7-6-29-16(35)4-5-30-25(41)22(40)27(2,3)11-50-56(47,48)53-55(45,46)49-10-15-21(52-54(42,43)44)20(39)26(51-15)34-13-33-19-23(28)31-12-32-24(19)34/h9,12-13,15,20-22,26,39-40H,4-8,10-11H2,1-3H3,(H,29,35)(H,30,41)(H,36,37)(H,45,46)(H,47,48)(H2,28,31,32)(H2,42,43,44)/b14-9+. The van der Waals surface area contributed by atoms with E-state index in [1.807, 2.05) is 0 Å². The molecule has 1 aliphatic rings. The van der Waals surface area contributed by atoms with E-state index >= 15 is 0 Å². The molecule has 0 radical (unpaired) electrons. The number of phosphoric acid groups is 3. The van der Waals surface area contributed by atoms with Crippen molar-refractivity contribution in [3.05, 3.63) is 24.3 Å². The molecule has 0 bridgehead atoms. The number of hydrogen-bond donors (Lipinski definition) is 10. The van der Waals surface area contributed by atoms with E-state index in [0.29, 0.717) is 5.57 Å². The van der Waals surface area contributed by atoms with Gasteiger partial charge in [0.05, 0.1) is 26.0 Å². The summed E-state index contributed by atoms with van der Waals surface area (Å²) in [5.74, 6) is -2.48. The Morgan fingerprint density at radius 1 is 1.07 bits per heavy atom. The van der Waals surface area contributed by atoms with E-state index in [-0.39, 0.29) is 53.8 Å². The molecule has 2 aromatic heterocycles. The highest BCUT2D eigenvalue weighted by Crippen LogP contribution is 2.61. The lowest BCUT2D eigenvalue weighted by Crippen LogP contribution is -2.46. The Balaban J connectivity index is 1.48. The molecule has 7 atom stereocenters. The van der Waals surface area contributed by atoms with Crippen LogP contribution in [0, 0.1) is 5.41 Å². The van der Waals surface area contributed by atoms with Crippen molar-refractivity contribution >= 4 is 75.1 Å². The molecule has 26 nitrogen and oxygen atoms in total. The molecule has 1 fully saturated rings. The van der Waals surface area contributed by atoms with E-state index in [0.717, 1.165) is 29.0 Å². The summed E-state index contributed by atoms with van der Waals surface area (Å²) in [5, 5.41) is 34.6. The van der Waals surface area contributed by atoms with E-state index < -0.39 is 90.5 Å². The quantitative estimate of drug-likeness (QED) is 0.0388. The maximum absolute atomic E-state index is 12.7. The minimum Gasteiger partial charge on any atom is -0.481 e. The highest BCUT2D eigenvalue weighted by atomic mass is 32.2. The SMILES string of the molecule is C/C(=C\C(=O)SCCNC(=O)CCNC(=O)C(O)C(C)(C)COP(=O)(O)OP(=O)(O)OCC1OC(n2cnc3c(N)ncnc32)C(O)C1OP(=O)(O)O)CC(=O)O. The number of phosphoric ester groups is 3. The van der Waals surface area contributed by atoms with Crippen LogP contribution in [0.1, 0.15) is 39.8 Å². The van der Waals surface area contributed by atoms with Gasteiger partial charge in [-0.15, -0.1) is 0 Å². The molecule has 1 aliphatic heterocycles. The highest BCUT2D eigenvalue weighted by Gasteiger charge is 2.50. The number of carbonyl (C=O) groups excluding carboxylic acids is 3.